The third-order valence-electron chi connectivity index (χ3n) is 3.48. The van der Waals surface area contributed by atoms with Crippen LogP contribution in [0.2, 0.25) is 0 Å². The first-order valence-electron chi connectivity index (χ1n) is 6.87. The highest BCUT2D eigenvalue weighted by Crippen LogP contribution is 2.27. The summed E-state index contributed by atoms with van der Waals surface area (Å²) in [4.78, 5) is 29.5. The van der Waals surface area contributed by atoms with Gasteiger partial charge in [0.2, 0.25) is 5.91 Å². The average Bonchev–Trinajstić information content (AvgIpc) is 3.00. The van der Waals surface area contributed by atoms with Crippen molar-refractivity contribution >= 4 is 44.3 Å². The second-order valence-electron chi connectivity index (χ2n) is 5.22. The highest BCUT2D eigenvalue weighted by molar-refractivity contribution is 8.13. The highest BCUT2D eigenvalue weighted by atomic mass is 32.2. The Hall–Kier alpha value is -1.40. The molecule has 2 aromatic rings. The molecule has 0 spiro atoms. The van der Waals surface area contributed by atoms with Crippen LogP contribution in [0.3, 0.4) is 0 Å². The number of hydrogen-bond donors (Lipinski definition) is 0. The van der Waals surface area contributed by atoms with E-state index < -0.39 is 0 Å². The number of para-hydroxylation sites is 1. The van der Waals surface area contributed by atoms with Crippen molar-refractivity contribution in [3.05, 3.63) is 29.3 Å². The molecule has 1 atom stereocenters. The van der Waals surface area contributed by atoms with E-state index in [4.69, 9.17) is 0 Å². The molecule has 21 heavy (non-hydrogen) atoms. The van der Waals surface area contributed by atoms with Crippen molar-refractivity contribution < 1.29 is 9.59 Å². The number of thioether (sulfide) groups is 1. The predicted octanol–water partition coefficient (Wildman–Crippen LogP) is 2.92. The van der Waals surface area contributed by atoms with Crippen LogP contribution in [-0.4, -0.2) is 33.2 Å². The number of likely N-dealkylation sites (tertiary alicyclic amines) is 1. The molecule has 3 rings (SSSR count). The molecule has 4 nitrogen and oxygen atoms in total. The van der Waals surface area contributed by atoms with Crippen LogP contribution in [0, 0.1) is 5.92 Å². The zero-order valence-electron chi connectivity index (χ0n) is 11.7. The van der Waals surface area contributed by atoms with Crippen molar-refractivity contribution in [1.29, 1.82) is 0 Å². The normalized spacial score (nSPS) is 18.6. The summed E-state index contributed by atoms with van der Waals surface area (Å²) in [5, 5.41) is 1.09. The Labute approximate surface area is 131 Å². The van der Waals surface area contributed by atoms with Crippen LogP contribution in [0.1, 0.15) is 18.4 Å². The molecule has 1 aromatic carbocycles. The van der Waals surface area contributed by atoms with E-state index in [9.17, 15) is 9.59 Å². The SMILES string of the molecule is CC(=O)SCC1CC(=O)N(Cc2nc3ccccc3s2)C1. The number of carbonyl (C=O) groups is 2. The van der Waals surface area contributed by atoms with Gasteiger partial charge in [-0.2, -0.15) is 0 Å². The third-order valence-corrected chi connectivity index (χ3v) is 5.55. The lowest BCUT2D eigenvalue weighted by Gasteiger charge is -2.14. The van der Waals surface area contributed by atoms with Crippen molar-refractivity contribution in [1.82, 2.24) is 9.88 Å². The lowest BCUT2D eigenvalue weighted by molar-refractivity contribution is -0.128. The van der Waals surface area contributed by atoms with Crippen molar-refractivity contribution in [3.63, 3.8) is 0 Å². The van der Waals surface area contributed by atoms with Gasteiger partial charge in [0, 0.05) is 25.6 Å². The smallest absolute Gasteiger partial charge is 0.223 e. The van der Waals surface area contributed by atoms with Crippen molar-refractivity contribution in [2.45, 2.75) is 19.9 Å². The van der Waals surface area contributed by atoms with Gasteiger partial charge in [0.15, 0.2) is 5.12 Å². The molecule has 0 radical (unpaired) electrons. The lowest BCUT2D eigenvalue weighted by atomic mass is 10.1. The van der Waals surface area contributed by atoms with Crippen molar-refractivity contribution in [3.8, 4) is 0 Å². The molecule has 0 saturated carbocycles. The molecule has 1 aromatic heterocycles. The number of aromatic nitrogens is 1. The Morgan fingerprint density at radius 3 is 3.05 bits per heavy atom. The van der Waals surface area contributed by atoms with Gasteiger partial charge in [-0.15, -0.1) is 11.3 Å². The molecule has 0 N–H and O–H groups in total. The fourth-order valence-electron chi connectivity index (χ4n) is 2.50. The second-order valence-corrected chi connectivity index (χ2v) is 7.53. The van der Waals surface area contributed by atoms with Gasteiger partial charge in [-0.1, -0.05) is 23.9 Å². The lowest BCUT2D eigenvalue weighted by Crippen LogP contribution is -2.24. The minimum atomic E-state index is 0.118. The summed E-state index contributed by atoms with van der Waals surface area (Å²) in [5.41, 5.74) is 0.993. The van der Waals surface area contributed by atoms with E-state index in [0.717, 1.165) is 27.5 Å². The number of rotatable bonds is 4. The summed E-state index contributed by atoms with van der Waals surface area (Å²) in [6.45, 7) is 2.88. The van der Waals surface area contributed by atoms with E-state index in [-0.39, 0.29) is 16.9 Å². The zero-order valence-corrected chi connectivity index (χ0v) is 13.4. The second kappa shape index (κ2) is 6.15. The van der Waals surface area contributed by atoms with Crippen molar-refractivity contribution in [2.24, 2.45) is 5.92 Å². The molecule has 0 aliphatic carbocycles. The maximum atomic E-state index is 12.1. The van der Waals surface area contributed by atoms with Gasteiger partial charge in [0.1, 0.15) is 5.01 Å². The molecule has 1 aliphatic rings. The first-order valence-corrected chi connectivity index (χ1v) is 8.67. The maximum absolute atomic E-state index is 12.1. The summed E-state index contributed by atoms with van der Waals surface area (Å²) < 4.78 is 1.16. The van der Waals surface area contributed by atoms with Gasteiger partial charge in [-0.05, 0) is 18.1 Å². The number of thiazole rings is 1. The fourth-order valence-corrected chi connectivity index (χ4v) is 4.18. The van der Waals surface area contributed by atoms with Crippen LogP contribution in [-0.2, 0) is 16.1 Å². The summed E-state index contributed by atoms with van der Waals surface area (Å²) >= 11 is 2.95. The fraction of sp³-hybridized carbons (Fsp3) is 0.400. The molecule has 110 valence electrons. The number of fused-ring (bicyclic) bond motifs is 1. The van der Waals surface area contributed by atoms with Gasteiger partial charge in [0.05, 0.1) is 16.8 Å². The van der Waals surface area contributed by atoms with Crippen LogP contribution in [0.4, 0.5) is 0 Å². The van der Waals surface area contributed by atoms with Crippen LogP contribution in [0.25, 0.3) is 10.2 Å². The topological polar surface area (TPSA) is 50.3 Å². The summed E-state index contributed by atoms with van der Waals surface area (Å²) in [7, 11) is 0. The van der Waals surface area contributed by atoms with Crippen LogP contribution in [0.15, 0.2) is 24.3 Å². The number of nitrogens with zero attached hydrogens (tertiary/aromatic N) is 2. The Bertz CT molecular complexity index is 650. The van der Waals surface area contributed by atoms with E-state index in [2.05, 4.69) is 11.1 Å². The molecule has 0 bridgehead atoms. The van der Waals surface area contributed by atoms with Crippen LogP contribution in [0.5, 0.6) is 0 Å². The Morgan fingerprint density at radius 2 is 2.29 bits per heavy atom. The van der Waals surface area contributed by atoms with E-state index >= 15 is 0 Å². The molecule has 1 aliphatic heterocycles. The molecule has 2 heterocycles. The molecule has 1 fully saturated rings. The molecule has 1 saturated heterocycles. The minimum Gasteiger partial charge on any atom is -0.336 e. The van der Waals surface area contributed by atoms with Gasteiger partial charge in [0.25, 0.3) is 0 Å². The van der Waals surface area contributed by atoms with Crippen LogP contribution < -0.4 is 0 Å². The van der Waals surface area contributed by atoms with Gasteiger partial charge in [-0.3, -0.25) is 9.59 Å². The number of carbonyl (C=O) groups excluding carboxylic acids is 2. The number of amides is 1. The van der Waals surface area contributed by atoms with Crippen molar-refractivity contribution in [2.75, 3.05) is 12.3 Å². The quantitative estimate of drug-likeness (QED) is 0.869. The summed E-state index contributed by atoms with van der Waals surface area (Å²) in [5.74, 6) is 1.18. The standard InChI is InChI=1S/C15H16N2O2S2/c1-10(18)20-9-11-6-15(19)17(7-11)8-14-16-12-4-2-3-5-13(12)21-14/h2-5,11H,6-9H2,1H3. The van der Waals surface area contributed by atoms with Gasteiger partial charge in [-0.25, -0.2) is 4.98 Å². The largest absolute Gasteiger partial charge is 0.336 e. The average molecular weight is 320 g/mol. The molecule has 6 heteroatoms. The monoisotopic (exact) mass is 320 g/mol. The zero-order chi connectivity index (χ0) is 14.8. The maximum Gasteiger partial charge on any atom is 0.223 e. The highest BCUT2D eigenvalue weighted by Gasteiger charge is 2.30. The van der Waals surface area contributed by atoms with E-state index in [1.165, 1.54) is 11.8 Å². The molecular weight excluding hydrogens is 304 g/mol. The molecule has 1 amide bonds. The van der Waals surface area contributed by atoms with Gasteiger partial charge >= 0.3 is 0 Å². The minimum absolute atomic E-state index is 0.118. The Kier molecular flexibility index (Phi) is 4.26. The Balaban J connectivity index is 1.64. The Morgan fingerprint density at radius 1 is 1.48 bits per heavy atom. The predicted molar refractivity (Wildman–Crippen MR) is 86.3 cm³/mol. The number of benzene rings is 1. The van der Waals surface area contributed by atoms with E-state index in [1.807, 2.05) is 23.1 Å². The third kappa shape index (κ3) is 3.44. The first kappa shape index (κ1) is 14.5. The van der Waals surface area contributed by atoms with Gasteiger partial charge < -0.3 is 4.90 Å². The van der Waals surface area contributed by atoms with E-state index in [0.29, 0.717) is 13.0 Å². The summed E-state index contributed by atoms with van der Waals surface area (Å²) in [6, 6.07) is 8.02. The summed E-state index contributed by atoms with van der Waals surface area (Å²) in [6.07, 6.45) is 0.547. The molecular formula is C15H16N2O2S2. The first-order chi connectivity index (χ1) is 10.1. The number of hydrogen-bond acceptors (Lipinski definition) is 5. The van der Waals surface area contributed by atoms with Crippen LogP contribution >= 0.6 is 23.1 Å². The van der Waals surface area contributed by atoms with E-state index in [1.54, 1.807) is 18.3 Å². The molecule has 1 unspecified atom stereocenters.